The zero-order valence-electron chi connectivity index (χ0n) is 22.0. The smallest absolute Gasteiger partial charge is 0.410 e. The van der Waals surface area contributed by atoms with Crippen molar-refractivity contribution in [3.05, 3.63) is 36.1 Å². The molecule has 10 heteroatoms. The molecule has 0 spiro atoms. The van der Waals surface area contributed by atoms with Crippen LogP contribution in [-0.4, -0.2) is 65.7 Å². The Balaban J connectivity index is 1.16. The van der Waals surface area contributed by atoms with E-state index in [4.69, 9.17) is 13.9 Å². The van der Waals surface area contributed by atoms with E-state index in [1.165, 1.54) is 0 Å². The Morgan fingerprint density at radius 3 is 2.68 bits per heavy atom. The van der Waals surface area contributed by atoms with Gasteiger partial charge in [-0.25, -0.2) is 9.78 Å². The second kappa shape index (κ2) is 10.6. The number of furan rings is 1. The molecule has 0 aliphatic carbocycles. The van der Waals surface area contributed by atoms with Crippen LogP contribution in [0.2, 0.25) is 0 Å². The lowest BCUT2D eigenvalue weighted by Gasteiger charge is -2.33. The van der Waals surface area contributed by atoms with Gasteiger partial charge in [0.15, 0.2) is 0 Å². The highest BCUT2D eigenvalue weighted by Gasteiger charge is 2.31. The van der Waals surface area contributed by atoms with Crippen molar-refractivity contribution in [1.82, 2.24) is 20.5 Å². The maximum Gasteiger partial charge on any atom is 0.410 e. The summed E-state index contributed by atoms with van der Waals surface area (Å²) in [7, 11) is 0. The molecule has 202 valence electrons. The Morgan fingerprint density at radius 1 is 1.16 bits per heavy atom. The second-order valence-corrected chi connectivity index (χ2v) is 10.9. The van der Waals surface area contributed by atoms with Crippen molar-refractivity contribution in [3.63, 3.8) is 0 Å². The molecule has 38 heavy (non-hydrogen) atoms. The van der Waals surface area contributed by atoms with Crippen LogP contribution in [0, 0.1) is 0 Å². The lowest BCUT2D eigenvalue weighted by molar-refractivity contribution is -0.134. The maximum atomic E-state index is 12.5. The van der Waals surface area contributed by atoms with Crippen LogP contribution in [0.1, 0.15) is 57.9 Å². The summed E-state index contributed by atoms with van der Waals surface area (Å²) >= 11 is 0. The predicted molar refractivity (Wildman–Crippen MR) is 141 cm³/mol. The van der Waals surface area contributed by atoms with Crippen LogP contribution in [0.5, 0.6) is 5.88 Å². The van der Waals surface area contributed by atoms with Crippen molar-refractivity contribution in [3.8, 4) is 5.88 Å². The number of fused-ring (bicyclic) bond motifs is 3. The quantitative estimate of drug-likeness (QED) is 0.370. The molecule has 2 aliphatic rings. The van der Waals surface area contributed by atoms with Gasteiger partial charge in [-0.1, -0.05) is 0 Å². The fourth-order valence-corrected chi connectivity index (χ4v) is 5.09. The van der Waals surface area contributed by atoms with Crippen LogP contribution in [0.25, 0.3) is 21.9 Å². The summed E-state index contributed by atoms with van der Waals surface area (Å²) < 4.78 is 17.1. The molecule has 2 saturated heterocycles. The minimum Gasteiger partial charge on any atom is -0.476 e. The average Bonchev–Trinajstić information content (AvgIpc) is 3.30. The van der Waals surface area contributed by atoms with Crippen molar-refractivity contribution in [2.75, 3.05) is 26.2 Å². The Kier molecular flexibility index (Phi) is 7.25. The molecule has 3 aromatic rings. The molecule has 1 atom stereocenters. The van der Waals surface area contributed by atoms with Gasteiger partial charge in [0.05, 0.1) is 17.7 Å². The first-order valence-corrected chi connectivity index (χ1v) is 13.2. The molecular weight excluding hydrogens is 488 g/mol. The normalized spacial score (nSPS) is 19.1. The van der Waals surface area contributed by atoms with E-state index in [1.807, 2.05) is 45.0 Å². The van der Waals surface area contributed by atoms with Crippen LogP contribution in [0.15, 0.2) is 34.9 Å². The Morgan fingerprint density at radius 2 is 1.95 bits per heavy atom. The van der Waals surface area contributed by atoms with E-state index >= 15 is 0 Å². The Bertz CT molecular complexity index is 1350. The van der Waals surface area contributed by atoms with Gasteiger partial charge in [-0.2, -0.15) is 0 Å². The molecule has 0 saturated carbocycles. The van der Waals surface area contributed by atoms with E-state index in [-0.39, 0.29) is 17.9 Å². The summed E-state index contributed by atoms with van der Waals surface area (Å²) in [4.78, 5) is 42.7. The van der Waals surface area contributed by atoms with Gasteiger partial charge < -0.3 is 24.1 Å². The molecule has 0 bridgehead atoms. The number of piperidine rings is 2. The SMILES string of the molecule is CC(C)(C)OC(=O)N1CCC(NCCOc2ccc3c(ccc4occ([C@@H]5CCC(=O)NC5=O)c43)n2)CC1. The largest absolute Gasteiger partial charge is 0.476 e. The molecule has 10 nitrogen and oxygen atoms in total. The van der Waals surface area contributed by atoms with E-state index < -0.39 is 11.5 Å². The number of nitrogens with one attached hydrogen (secondary N) is 2. The number of imide groups is 1. The molecule has 5 rings (SSSR count). The summed E-state index contributed by atoms with van der Waals surface area (Å²) in [5, 5.41) is 7.64. The van der Waals surface area contributed by atoms with Crippen LogP contribution < -0.4 is 15.4 Å². The number of amides is 3. The topological polar surface area (TPSA) is 123 Å². The van der Waals surface area contributed by atoms with E-state index in [2.05, 4.69) is 15.6 Å². The van der Waals surface area contributed by atoms with Crippen molar-refractivity contribution in [2.45, 2.75) is 64.0 Å². The van der Waals surface area contributed by atoms with Crippen molar-refractivity contribution < 1.29 is 28.3 Å². The lowest BCUT2D eigenvalue weighted by Crippen LogP contribution is -2.47. The number of aromatic nitrogens is 1. The highest BCUT2D eigenvalue weighted by molar-refractivity contribution is 6.09. The number of likely N-dealkylation sites (tertiary alicyclic amines) is 1. The minimum atomic E-state index is -0.485. The monoisotopic (exact) mass is 522 g/mol. The first-order valence-electron chi connectivity index (χ1n) is 13.2. The molecule has 1 aromatic carbocycles. The second-order valence-electron chi connectivity index (χ2n) is 10.9. The number of carbonyl (C=O) groups excluding carboxylic acids is 3. The number of benzene rings is 1. The van der Waals surface area contributed by atoms with Crippen LogP contribution in [0.4, 0.5) is 4.79 Å². The van der Waals surface area contributed by atoms with Gasteiger partial charge in [0.25, 0.3) is 0 Å². The lowest BCUT2D eigenvalue weighted by atomic mass is 9.89. The highest BCUT2D eigenvalue weighted by atomic mass is 16.6. The molecule has 2 N–H and O–H groups in total. The summed E-state index contributed by atoms with van der Waals surface area (Å²) in [5.41, 5.74) is 1.70. The number of pyridine rings is 1. The third-order valence-electron chi connectivity index (χ3n) is 6.96. The average molecular weight is 523 g/mol. The molecule has 2 aliphatic heterocycles. The molecule has 0 unspecified atom stereocenters. The molecule has 2 fully saturated rings. The summed E-state index contributed by atoms with van der Waals surface area (Å²) in [5.74, 6) is -0.452. The fourth-order valence-electron chi connectivity index (χ4n) is 5.09. The first-order chi connectivity index (χ1) is 18.2. The number of rotatable bonds is 6. The number of hydrogen-bond acceptors (Lipinski definition) is 8. The molecule has 2 aromatic heterocycles. The number of carbonyl (C=O) groups is 3. The van der Waals surface area contributed by atoms with Gasteiger partial charge in [0.1, 0.15) is 17.8 Å². The van der Waals surface area contributed by atoms with Gasteiger partial charge in [0.2, 0.25) is 17.7 Å². The van der Waals surface area contributed by atoms with Gasteiger partial charge in [-0.15, -0.1) is 0 Å². The van der Waals surface area contributed by atoms with Crippen LogP contribution >= 0.6 is 0 Å². The number of ether oxygens (including phenoxy) is 2. The van der Waals surface area contributed by atoms with Gasteiger partial charge in [0, 0.05) is 54.5 Å². The summed E-state index contributed by atoms with van der Waals surface area (Å²) in [6.45, 7) is 8.09. The number of nitrogens with zero attached hydrogens (tertiary/aromatic N) is 2. The maximum absolute atomic E-state index is 12.5. The van der Waals surface area contributed by atoms with Gasteiger partial charge in [-0.3, -0.25) is 14.9 Å². The first kappa shape index (κ1) is 26.0. The summed E-state index contributed by atoms with van der Waals surface area (Å²) in [6, 6.07) is 7.79. The third-order valence-corrected chi connectivity index (χ3v) is 6.96. The van der Waals surface area contributed by atoms with E-state index in [0.717, 1.165) is 34.7 Å². The van der Waals surface area contributed by atoms with Gasteiger partial charge in [-0.05, 0) is 58.2 Å². The summed E-state index contributed by atoms with van der Waals surface area (Å²) in [6.07, 6.45) is 3.85. The van der Waals surface area contributed by atoms with Crippen molar-refractivity contribution in [1.29, 1.82) is 0 Å². The predicted octanol–water partition coefficient (Wildman–Crippen LogP) is 3.87. The van der Waals surface area contributed by atoms with E-state index in [9.17, 15) is 14.4 Å². The molecule has 4 heterocycles. The van der Waals surface area contributed by atoms with Crippen molar-refractivity contribution >= 4 is 39.8 Å². The molecule has 3 amide bonds. The Hall–Kier alpha value is -3.66. The molecule has 0 radical (unpaired) electrons. The van der Waals surface area contributed by atoms with Crippen molar-refractivity contribution in [2.24, 2.45) is 0 Å². The zero-order valence-corrected chi connectivity index (χ0v) is 22.0. The third kappa shape index (κ3) is 5.75. The van der Waals surface area contributed by atoms with Crippen LogP contribution in [0.3, 0.4) is 0 Å². The Labute approximate surface area is 221 Å². The van der Waals surface area contributed by atoms with Crippen LogP contribution in [-0.2, 0) is 14.3 Å². The standard InChI is InChI=1S/C28H34N4O6/c1-28(2,3)38-27(35)32-13-10-17(11-14-32)29-12-15-36-24-9-5-19-21(30-24)6-7-22-25(19)20(16-37-22)18-4-8-23(33)31-26(18)34/h5-7,9,16-18,29H,4,8,10-15H2,1-3H3,(H,31,33,34)/t18-/m0/s1. The van der Waals surface area contributed by atoms with E-state index in [0.29, 0.717) is 56.6 Å². The zero-order chi connectivity index (χ0) is 26.9. The van der Waals surface area contributed by atoms with Gasteiger partial charge >= 0.3 is 6.09 Å². The highest BCUT2D eigenvalue weighted by Crippen LogP contribution is 2.36. The molecular formula is C28H34N4O6. The fraction of sp³-hybridized carbons (Fsp3) is 0.500. The minimum absolute atomic E-state index is 0.242. The van der Waals surface area contributed by atoms with E-state index in [1.54, 1.807) is 11.2 Å². The number of hydrogen-bond donors (Lipinski definition) is 2.